The second kappa shape index (κ2) is 7.75. The quantitative estimate of drug-likeness (QED) is 0.728. The minimum atomic E-state index is -0.688. The van der Waals surface area contributed by atoms with Crippen molar-refractivity contribution in [3.63, 3.8) is 0 Å². The largest absolute Gasteiger partial charge is 0.390 e. The van der Waals surface area contributed by atoms with Crippen LogP contribution in [0, 0.1) is 5.92 Å². The SMILES string of the molecule is C[C@@H]1Cc2ncnc(N3CCC[C@H](C(C)(C)O)C3)c2CN1c1cc(Cl)nc2c1C=CC2. The summed E-state index contributed by atoms with van der Waals surface area (Å²) in [7, 11) is 0. The number of hydrogen-bond donors (Lipinski definition) is 1. The van der Waals surface area contributed by atoms with Crippen LogP contribution in [0.25, 0.3) is 6.08 Å². The first-order valence-electron chi connectivity index (χ1n) is 11.2. The molecule has 1 saturated heterocycles. The molecule has 0 unspecified atom stereocenters. The fraction of sp³-hybridized carbons (Fsp3) is 0.542. The van der Waals surface area contributed by atoms with Gasteiger partial charge >= 0.3 is 0 Å². The van der Waals surface area contributed by atoms with Crippen molar-refractivity contribution in [1.82, 2.24) is 15.0 Å². The van der Waals surface area contributed by atoms with Gasteiger partial charge in [0, 0.05) is 61.2 Å². The summed E-state index contributed by atoms with van der Waals surface area (Å²) in [6, 6.07) is 2.30. The highest BCUT2D eigenvalue weighted by Gasteiger charge is 2.35. The van der Waals surface area contributed by atoms with Crippen molar-refractivity contribution < 1.29 is 5.11 Å². The minimum absolute atomic E-state index is 0.234. The Morgan fingerprint density at radius 2 is 2.06 bits per heavy atom. The molecule has 3 aliphatic rings. The van der Waals surface area contributed by atoms with Crippen LogP contribution in [0.5, 0.6) is 0 Å². The third-order valence-corrected chi connectivity index (χ3v) is 7.26. The summed E-state index contributed by atoms with van der Waals surface area (Å²) in [6.07, 6.45) is 9.83. The van der Waals surface area contributed by atoms with E-state index in [4.69, 9.17) is 16.6 Å². The van der Waals surface area contributed by atoms with Crippen LogP contribution in [0.2, 0.25) is 5.15 Å². The first kappa shape index (κ1) is 20.7. The number of rotatable bonds is 3. The Labute approximate surface area is 189 Å². The molecule has 4 heterocycles. The summed E-state index contributed by atoms with van der Waals surface area (Å²) in [5.74, 6) is 1.25. The van der Waals surface area contributed by atoms with E-state index in [2.05, 4.69) is 38.8 Å². The summed E-state index contributed by atoms with van der Waals surface area (Å²) in [6.45, 7) is 8.61. The number of aliphatic hydroxyl groups is 1. The molecule has 2 aromatic heterocycles. The molecule has 1 N–H and O–H groups in total. The van der Waals surface area contributed by atoms with Crippen LogP contribution in [-0.4, -0.2) is 44.8 Å². The van der Waals surface area contributed by atoms with Crippen LogP contribution in [0.4, 0.5) is 11.5 Å². The molecule has 0 amide bonds. The van der Waals surface area contributed by atoms with Crippen molar-refractivity contribution in [1.29, 1.82) is 0 Å². The molecule has 164 valence electrons. The molecule has 2 aliphatic heterocycles. The second-order valence-electron chi connectivity index (χ2n) is 9.67. The third kappa shape index (κ3) is 3.80. The smallest absolute Gasteiger partial charge is 0.137 e. The van der Waals surface area contributed by atoms with Gasteiger partial charge in [-0.2, -0.15) is 0 Å². The van der Waals surface area contributed by atoms with E-state index in [1.165, 1.54) is 11.1 Å². The number of anilines is 2. The van der Waals surface area contributed by atoms with E-state index < -0.39 is 5.60 Å². The van der Waals surface area contributed by atoms with Gasteiger partial charge in [-0.05, 0) is 39.7 Å². The lowest BCUT2D eigenvalue weighted by Gasteiger charge is -2.42. The number of nitrogens with zero attached hydrogens (tertiary/aromatic N) is 5. The van der Waals surface area contributed by atoms with Crippen molar-refractivity contribution in [2.24, 2.45) is 5.92 Å². The molecule has 1 aliphatic carbocycles. The van der Waals surface area contributed by atoms with Crippen LogP contribution in [0.3, 0.4) is 0 Å². The van der Waals surface area contributed by atoms with Crippen molar-refractivity contribution in [3.8, 4) is 0 Å². The Morgan fingerprint density at radius 1 is 1.23 bits per heavy atom. The van der Waals surface area contributed by atoms with Crippen LogP contribution >= 0.6 is 11.6 Å². The van der Waals surface area contributed by atoms with E-state index in [-0.39, 0.29) is 5.92 Å². The van der Waals surface area contributed by atoms with Crippen molar-refractivity contribution in [2.45, 2.75) is 64.6 Å². The summed E-state index contributed by atoms with van der Waals surface area (Å²) in [5, 5.41) is 11.1. The van der Waals surface area contributed by atoms with E-state index >= 15 is 0 Å². The summed E-state index contributed by atoms with van der Waals surface area (Å²) < 4.78 is 0. The normalized spacial score (nSPS) is 23.1. The zero-order valence-electron chi connectivity index (χ0n) is 18.5. The van der Waals surface area contributed by atoms with E-state index in [1.54, 1.807) is 6.33 Å². The van der Waals surface area contributed by atoms with Crippen molar-refractivity contribution in [3.05, 3.63) is 46.1 Å². The molecule has 31 heavy (non-hydrogen) atoms. The zero-order valence-corrected chi connectivity index (χ0v) is 19.2. The Morgan fingerprint density at radius 3 is 2.87 bits per heavy atom. The third-order valence-electron chi connectivity index (χ3n) is 7.07. The standard InChI is InChI=1S/C24H30ClN5O/c1-15-10-20-18(13-30(15)21-11-22(25)28-19-8-4-7-17(19)21)23(27-14-26-20)29-9-5-6-16(12-29)24(2,3)31/h4,7,11,14-16,31H,5-6,8-10,12-13H2,1-3H3/t15-,16+/m1/s1. The maximum absolute atomic E-state index is 10.6. The number of hydrogen-bond acceptors (Lipinski definition) is 6. The van der Waals surface area contributed by atoms with E-state index in [9.17, 15) is 5.11 Å². The first-order valence-corrected chi connectivity index (χ1v) is 11.6. The van der Waals surface area contributed by atoms with E-state index in [1.807, 2.05) is 19.9 Å². The summed E-state index contributed by atoms with van der Waals surface area (Å²) in [4.78, 5) is 18.7. The minimum Gasteiger partial charge on any atom is -0.390 e. The molecule has 0 bridgehead atoms. The van der Waals surface area contributed by atoms with Gasteiger partial charge in [-0.15, -0.1) is 0 Å². The predicted molar refractivity (Wildman–Crippen MR) is 125 cm³/mol. The summed E-state index contributed by atoms with van der Waals surface area (Å²) in [5.41, 5.74) is 5.01. The number of fused-ring (bicyclic) bond motifs is 2. The van der Waals surface area contributed by atoms with Gasteiger partial charge in [-0.1, -0.05) is 23.8 Å². The fourth-order valence-electron chi connectivity index (χ4n) is 5.26. The van der Waals surface area contributed by atoms with Gasteiger partial charge in [0.25, 0.3) is 0 Å². The molecule has 7 heteroatoms. The van der Waals surface area contributed by atoms with Crippen LogP contribution in [0.1, 0.15) is 56.1 Å². The number of pyridine rings is 1. The molecule has 0 aromatic carbocycles. The lowest BCUT2D eigenvalue weighted by atomic mass is 9.84. The molecule has 0 radical (unpaired) electrons. The summed E-state index contributed by atoms with van der Waals surface area (Å²) >= 11 is 6.39. The maximum Gasteiger partial charge on any atom is 0.137 e. The average Bonchev–Trinajstić information content (AvgIpc) is 3.20. The highest BCUT2D eigenvalue weighted by Crippen LogP contribution is 2.38. The molecule has 1 fully saturated rings. The van der Waals surface area contributed by atoms with Gasteiger partial charge in [0.15, 0.2) is 0 Å². The van der Waals surface area contributed by atoms with Crippen LogP contribution in [-0.2, 0) is 19.4 Å². The number of allylic oxidation sites excluding steroid dienone is 1. The van der Waals surface area contributed by atoms with Gasteiger partial charge in [0.1, 0.15) is 17.3 Å². The number of aromatic nitrogens is 3. The van der Waals surface area contributed by atoms with Gasteiger partial charge in [-0.3, -0.25) is 0 Å². The lowest BCUT2D eigenvalue weighted by molar-refractivity contribution is 0.0109. The Bertz CT molecular complexity index is 1030. The molecular formula is C24H30ClN5O. The van der Waals surface area contributed by atoms with E-state index in [0.717, 1.165) is 68.2 Å². The fourth-order valence-corrected chi connectivity index (χ4v) is 5.46. The van der Waals surface area contributed by atoms with Crippen LogP contribution in [0.15, 0.2) is 18.5 Å². The van der Waals surface area contributed by atoms with Gasteiger partial charge in [0.05, 0.1) is 17.0 Å². The van der Waals surface area contributed by atoms with E-state index in [0.29, 0.717) is 11.2 Å². The Kier molecular flexibility index (Phi) is 5.18. The molecular weight excluding hydrogens is 410 g/mol. The molecule has 5 rings (SSSR count). The van der Waals surface area contributed by atoms with Gasteiger partial charge < -0.3 is 14.9 Å². The highest BCUT2D eigenvalue weighted by molar-refractivity contribution is 6.29. The second-order valence-corrected chi connectivity index (χ2v) is 10.1. The number of piperidine rings is 1. The monoisotopic (exact) mass is 439 g/mol. The highest BCUT2D eigenvalue weighted by atomic mass is 35.5. The molecule has 0 saturated carbocycles. The molecule has 0 spiro atoms. The van der Waals surface area contributed by atoms with Gasteiger partial charge in [-0.25, -0.2) is 15.0 Å². The molecule has 6 nitrogen and oxygen atoms in total. The number of halogens is 1. The van der Waals surface area contributed by atoms with Crippen LogP contribution < -0.4 is 9.80 Å². The average molecular weight is 440 g/mol. The lowest BCUT2D eigenvalue weighted by Crippen LogP contribution is -2.46. The zero-order chi connectivity index (χ0) is 21.8. The topological polar surface area (TPSA) is 65.4 Å². The Balaban J connectivity index is 1.51. The molecule has 2 aromatic rings. The molecule has 2 atom stereocenters. The Hall–Kier alpha value is -2.18. The first-order chi connectivity index (χ1) is 14.8. The maximum atomic E-state index is 10.6. The van der Waals surface area contributed by atoms with Crippen molar-refractivity contribution >= 4 is 29.2 Å². The predicted octanol–water partition coefficient (Wildman–Crippen LogP) is 4.03. The van der Waals surface area contributed by atoms with Crippen molar-refractivity contribution in [2.75, 3.05) is 22.9 Å². The van der Waals surface area contributed by atoms with Gasteiger partial charge in [0.2, 0.25) is 0 Å².